The zero-order valence-electron chi connectivity index (χ0n) is 12.8. The number of ether oxygens (including phenoxy) is 1. The van der Waals surface area contributed by atoms with Gasteiger partial charge in [-0.3, -0.25) is 0 Å². The molecule has 1 rings (SSSR count). The minimum absolute atomic E-state index is 0.620. The van der Waals surface area contributed by atoms with Crippen LogP contribution in [0.3, 0.4) is 0 Å². The summed E-state index contributed by atoms with van der Waals surface area (Å²) in [7, 11) is -2.67. The van der Waals surface area contributed by atoms with E-state index in [1.54, 1.807) is 30.5 Å². The third-order valence-corrected chi connectivity index (χ3v) is 3.74. The summed E-state index contributed by atoms with van der Waals surface area (Å²) in [6.07, 6.45) is 8.85. The molecule has 1 aromatic carbocycles. The third-order valence-electron chi connectivity index (χ3n) is 3.03. The Morgan fingerprint density at radius 1 is 1.10 bits per heavy atom. The molecular formula is C16H25NO3S. The molecule has 0 atom stereocenters. The fraction of sp³-hybridized carbons (Fsp3) is 0.500. The van der Waals surface area contributed by atoms with Crippen molar-refractivity contribution >= 4 is 16.6 Å². The number of unbranched alkanes of at least 4 members (excludes halogenated alkanes) is 3. The van der Waals surface area contributed by atoms with Crippen molar-refractivity contribution < 1.29 is 13.2 Å². The Morgan fingerprint density at radius 2 is 1.81 bits per heavy atom. The summed E-state index contributed by atoms with van der Waals surface area (Å²) in [4.78, 5) is 0. The highest BCUT2D eigenvalue weighted by atomic mass is 32.2. The fourth-order valence-electron chi connectivity index (χ4n) is 1.85. The van der Waals surface area contributed by atoms with Crippen molar-refractivity contribution in [2.75, 3.05) is 10.9 Å². The highest BCUT2D eigenvalue weighted by Crippen LogP contribution is 2.20. The maximum Gasteiger partial charge on any atom is 0.228 e. The second-order valence-electron chi connectivity index (χ2n) is 4.78. The summed E-state index contributed by atoms with van der Waals surface area (Å²) in [6.45, 7) is 4.84. The molecule has 0 unspecified atom stereocenters. The maximum atomic E-state index is 11.2. The average Bonchev–Trinajstić information content (AvgIpc) is 2.48. The molecule has 0 saturated carbocycles. The fourth-order valence-corrected chi connectivity index (χ4v) is 2.38. The monoisotopic (exact) mass is 311 g/mol. The number of anilines is 1. The standard InChI is InChI=1S/C16H25NO3S/c1-3-5-7-8-14-20-16-11-9-15(10-12-16)17(21(18)19)13-6-4-2/h6,9-13,21H,3-5,7-8,14H2,1-2H3. The second kappa shape index (κ2) is 10.3. The number of nitrogens with zero attached hydrogens (tertiary/aromatic N) is 1. The van der Waals surface area contributed by atoms with Crippen LogP contribution in [0.5, 0.6) is 5.75 Å². The topological polar surface area (TPSA) is 46.6 Å². The molecule has 4 nitrogen and oxygen atoms in total. The Labute approximate surface area is 129 Å². The van der Waals surface area contributed by atoms with Gasteiger partial charge < -0.3 is 4.74 Å². The first-order valence-electron chi connectivity index (χ1n) is 7.52. The van der Waals surface area contributed by atoms with Gasteiger partial charge in [0.2, 0.25) is 10.9 Å². The van der Waals surface area contributed by atoms with Gasteiger partial charge in [0.25, 0.3) is 0 Å². The molecule has 1 aromatic rings. The third kappa shape index (κ3) is 6.67. The highest BCUT2D eigenvalue weighted by Gasteiger charge is 2.05. The molecule has 0 heterocycles. The van der Waals surface area contributed by atoms with Crippen LogP contribution in [0.1, 0.15) is 46.0 Å². The first-order valence-corrected chi connectivity index (χ1v) is 8.65. The molecule has 5 heteroatoms. The molecule has 0 saturated heterocycles. The molecule has 118 valence electrons. The quantitative estimate of drug-likeness (QED) is 0.526. The van der Waals surface area contributed by atoms with E-state index < -0.39 is 10.9 Å². The van der Waals surface area contributed by atoms with Crippen molar-refractivity contribution in [3.05, 3.63) is 36.5 Å². The number of thiol groups is 1. The van der Waals surface area contributed by atoms with Gasteiger partial charge in [0.1, 0.15) is 5.75 Å². The van der Waals surface area contributed by atoms with E-state index in [0.29, 0.717) is 12.3 Å². The van der Waals surface area contributed by atoms with Gasteiger partial charge in [0.15, 0.2) is 0 Å². The summed E-state index contributed by atoms with van der Waals surface area (Å²) in [5, 5.41) is 0. The molecule has 0 amide bonds. The lowest BCUT2D eigenvalue weighted by Gasteiger charge is -2.13. The molecule has 0 fully saturated rings. The van der Waals surface area contributed by atoms with Crippen LogP contribution in [0.25, 0.3) is 0 Å². The number of rotatable bonds is 10. The predicted molar refractivity (Wildman–Crippen MR) is 88.3 cm³/mol. The van der Waals surface area contributed by atoms with Crippen LogP contribution in [0.2, 0.25) is 0 Å². The molecule has 0 N–H and O–H groups in total. The van der Waals surface area contributed by atoms with Crippen LogP contribution in [-0.4, -0.2) is 15.0 Å². The zero-order valence-corrected chi connectivity index (χ0v) is 13.7. The van der Waals surface area contributed by atoms with Crippen LogP contribution in [-0.2, 0) is 10.9 Å². The molecule has 0 radical (unpaired) electrons. The van der Waals surface area contributed by atoms with Gasteiger partial charge in [-0.25, -0.2) is 12.7 Å². The molecule has 0 spiro atoms. The minimum Gasteiger partial charge on any atom is -0.494 e. The molecule has 0 aliphatic heterocycles. The van der Waals surface area contributed by atoms with Crippen molar-refractivity contribution in [1.82, 2.24) is 0 Å². The summed E-state index contributed by atoms with van der Waals surface area (Å²) in [5.74, 6) is 0.774. The first kappa shape index (κ1) is 17.6. The van der Waals surface area contributed by atoms with Crippen LogP contribution in [0.15, 0.2) is 36.5 Å². The predicted octanol–water partition coefficient (Wildman–Crippen LogP) is 3.90. The van der Waals surface area contributed by atoms with Crippen LogP contribution in [0.4, 0.5) is 5.69 Å². The lowest BCUT2D eigenvalue weighted by molar-refractivity contribution is 0.305. The summed E-state index contributed by atoms with van der Waals surface area (Å²) < 4.78 is 29.4. The van der Waals surface area contributed by atoms with E-state index in [0.717, 1.165) is 18.6 Å². The van der Waals surface area contributed by atoms with Gasteiger partial charge >= 0.3 is 0 Å². The van der Waals surface area contributed by atoms with E-state index in [1.165, 1.54) is 23.6 Å². The van der Waals surface area contributed by atoms with Crippen LogP contribution in [0, 0.1) is 0 Å². The first-order chi connectivity index (χ1) is 10.2. The summed E-state index contributed by atoms with van der Waals surface area (Å²) in [6, 6.07) is 7.13. The highest BCUT2D eigenvalue weighted by molar-refractivity contribution is 7.74. The van der Waals surface area contributed by atoms with Crippen LogP contribution < -0.4 is 9.04 Å². The lowest BCUT2D eigenvalue weighted by atomic mass is 10.2. The zero-order chi connectivity index (χ0) is 15.5. The van der Waals surface area contributed by atoms with Gasteiger partial charge in [0, 0.05) is 6.20 Å². The Morgan fingerprint density at radius 3 is 2.38 bits per heavy atom. The lowest BCUT2D eigenvalue weighted by Crippen LogP contribution is -2.12. The van der Waals surface area contributed by atoms with Gasteiger partial charge in [0.05, 0.1) is 12.3 Å². The Hall–Kier alpha value is -1.49. The largest absolute Gasteiger partial charge is 0.494 e. The average molecular weight is 311 g/mol. The number of hydrogen-bond acceptors (Lipinski definition) is 3. The second-order valence-corrected chi connectivity index (χ2v) is 5.69. The van der Waals surface area contributed by atoms with Crippen LogP contribution >= 0.6 is 0 Å². The van der Waals surface area contributed by atoms with E-state index in [-0.39, 0.29) is 0 Å². The molecule has 0 bridgehead atoms. The van der Waals surface area contributed by atoms with E-state index in [1.807, 2.05) is 13.0 Å². The van der Waals surface area contributed by atoms with Gasteiger partial charge in [-0.2, -0.15) is 0 Å². The van der Waals surface area contributed by atoms with E-state index in [4.69, 9.17) is 4.74 Å². The Balaban J connectivity index is 2.57. The smallest absolute Gasteiger partial charge is 0.228 e. The molecule has 21 heavy (non-hydrogen) atoms. The number of allylic oxidation sites excluding steroid dienone is 1. The van der Waals surface area contributed by atoms with Gasteiger partial charge in [-0.05, 0) is 37.1 Å². The summed E-state index contributed by atoms with van der Waals surface area (Å²) in [5.41, 5.74) is 0.620. The van der Waals surface area contributed by atoms with Gasteiger partial charge in [-0.15, -0.1) is 0 Å². The van der Waals surface area contributed by atoms with Crippen molar-refractivity contribution in [2.45, 2.75) is 46.0 Å². The summed E-state index contributed by atoms with van der Waals surface area (Å²) >= 11 is 0. The molecule has 0 aliphatic rings. The molecule has 0 aliphatic carbocycles. The molecular weight excluding hydrogens is 286 g/mol. The minimum atomic E-state index is -2.67. The normalized spacial score (nSPS) is 11.2. The van der Waals surface area contributed by atoms with Gasteiger partial charge in [-0.1, -0.05) is 39.2 Å². The van der Waals surface area contributed by atoms with E-state index in [2.05, 4.69) is 6.92 Å². The maximum absolute atomic E-state index is 11.2. The number of benzene rings is 1. The number of hydrogen-bond donors (Lipinski definition) is 1. The Bertz CT molecular complexity index is 487. The van der Waals surface area contributed by atoms with E-state index >= 15 is 0 Å². The van der Waals surface area contributed by atoms with Crippen molar-refractivity contribution in [3.63, 3.8) is 0 Å². The molecule has 0 aromatic heterocycles. The SMILES string of the molecule is CCC=CN(c1ccc(OCCCCCC)cc1)[SH](=O)=O. The Kier molecular flexibility index (Phi) is 8.59. The van der Waals surface area contributed by atoms with Crippen molar-refractivity contribution in [1.29, 1.82) is 0 Å². The van der Waals surface area contributed by atoms with E-state index in [9.17, 15) is 8.42 Å². The van der Waals surface area contributed by atoms with Crippen molar-refractivity contribution in [3.8, 4) is 5.75 Å². The van der Waals surface area contributed by atoms with Crippen molar-refractivity contribution in [2.24, 2.45) is 0 Å².